The highest BCUT2D eigenvalue weighted by molar-refractivity contribution is 7.91. The van der Waals surface area contributed by atoms with Crippen LogP contribution >= 0.6 is 0 Å². The van der Waals surface area contributed by atoms with E-state index in [1.54, 1.807) is 6.20 Å². The summed E-state index contributed by atoms with van der Waals surface area (Å²) in [6.07, 6.45) is 5.16. The molecule has 23 heavy (non-hydrogen) atoms. The lowest BCUT2D eigenvalue weighted by Crippen LogP contribution is -2.41. The maximum absolute atomic E-state index is 11.5. The molecule has 0 amide bonds. The zero-order valence-electron chi connectivity index (χ0n) is 14.3. The predicted octanol–water partition coefficient (Wildman–Crippen LogP) is 1.01. The number of nitrogens with zero attached hydrogens (tertiary/aromatic N) is 2. The molecule has 0 radical (unpaired) electrons. The van der Waals surface area contributed by atoms with Crippen LogP contribution in [0.25, 0.3) is 0 Å². The van der Waals surface area contributed by atoms with Crippen molar-refractivity contribution in [2.45, 2.75) is 58.3 Å². The quantitative estimate of drug-likeness (QED) is 0.768. The van der Waals surface area contributed by atoms with Gasteiger partial charge in [-0.15, -0.1) is 0 Å². The van der Waals surface area contributed by atoms with Gasteiger partial charge < -0.3 is 9.31 Å². The summed E-state index contributed by atoms with van der Waals surface area (Å²) in [6, 6.07) is 0. The molecule has 6 nitrogen and oxygen atoms in total. The summed E-state index contributed by atoms with van der Waals surface area (Å²) < 4.78 is 36.9. The van der Waals surface area contributed by atoms with Gasteiger partial charge >= 0.3 is 7.12 Å². The molecule has 0 atom stereocenters. The Labute approximate surface area is 138 Å². The van der Waals surface area contributed by atoms with Gasteiger partial charge in [0.05, 0.1) is 22.7 Å². The predicted molar refractivity (Wildman–Crippen MR) is 89.3 cm³/mol. The minimum atomic E-state index is -2.81. The first-order valence-electron chi connectivity index (χ1n) is 8.16. The fourth-order valence-corrected chi connectivity index (χ4v) is 4.56. The lowest BCUT2D eigenvalue weighted by atomic mass is 9.82. The maximum Gasteiger partial charge on any atom is 0.498 e. The molecular weight excluding hydrogens is 315 g/mol. The second-order valence-electron chi connectivity index (χ2n) is 7.68. The molecule has 0 unspecified atom stereocenters. The molecule has 8 heteroatoms. The molecule has 3 rings (SSSR count). The third-order valence-corrected chi connectivity index (χ3v) is 7.01. The van der Waals surface area contributed by atoms with Crippen molar-refractivity contribution in [2.24, 2.45) is 5.92 Å². The van der Waals surface area contributed by atoms with E-state index in [-0.39, 0.29) is 11.2 Å². The first-order chi connectivity index (χ1) is 10.6. The van der Waals surface area contributed by atoms with Crippen LogP contribution in [0.3, 0.4) is 0 Å². The van der Waals surface area contributed by atoms with Crippen molar-refractivity contribution in [3.8, 4) is 0 Å². The number of rotatable bonds is 3. The molecule has 2 aliphatic rings. The second kappa shape index (κ2) is 5.60. The molecular formula is C15H25BN2O4S. The standard InChI is InChI=1S/C15H25BN2O4S/c1-14(2)15(3,4)22-16(21-14)13-9-17-18(11-13)10-12-5-7-23(19,20)8-6-12/h9,11-12H,5-8,10H2,1-4H3. The average molecular weight is 340 g/mol. The van der Waals surface area contributed by atoms with Crippen LogP contribution in [-0.2, 0) is 25.7 Å². The molecule has 3 heterocycles. The molecule has 0 N–H and O–H groups in total. The monoisotopic (exact) mass is 340 g/mol. The van der Waals surface area contributed by atoms with Gasteiger partial charge in [0.1, 0.15) is 9.84 Å². The Morgan fingerprint density at radius 3 is 2.35 bits per heavy atom. The zero-order chi connectivity index (χ0) is 16.9. The average Bonchev–Trinajstić information content (AvgIpc) is 2.96. The summed E-state index contributed by atoms with van der Waals surface area (Å²) in [5.41, 5.74) is 0.182. The van der Waals surface area contributed by atoms with Crippen molar-refractivity contribution < 1.29 is 17.7 Å². The zero-order valence-corrected chi connectivity index (χ0v) is 15.1. The van der Waals surface area contributed by atoms with Crippen LogP contribution in [0.5, 0.6) is 0 Å². The Balaban J connectivity index is 1.63. The molecule has 0 bridgehead atoms. The van der Waals surface area contributed by atoms with Crippen LogP contribution in [-0.4, -0.2) is 48.0 Å². The molecule has 2 saturated heterocycles. The van der Waals surface area contributed by atoms with Crippen molar-refractivity contribution in [1.29, 1.82) is 0 Å². The second-order valence-corrected chi connectivity index (χ2v) is 9.98. The fraction of sp³-hybridized carbons (Fsp3) is 0.800. The fourth-order valence-electron chi connectivity index (χ4n) is 2.97. The van der Waals surface area contributed by atoms with E-state index < -0.39 is 17.0 Å². The highest BCUT2D eigenvalue weighted by atomic mass is 32.2. The van der Waals surface area contributed by atoms with Gasteiger partial charge in [-0.3, -0.25) is 4.68 Å². The summed E-state index contributed by atoms with van der Waals surface area (Å²) in [5.74, 6) is 0.955. The van der Waals surface area contributed by atoms with E-state index >= 15 is 0 Å². The summed E-state index contributed by atoms with van der Waals surface area (Å²) in [6.45, 7) is 8.86. The molecule has 128 valence electrons. The number of aromatic nitrogens is 2. The third kappa shape index (κ3) is 3.49. The Morgan fingerprint density at radius 2 is 1.78 bits per heavy atom. The Kier molecular flexibility index (Phi) is 4.14. The third-order valence-electron chi connectivity index (χ3n) is 5.30. The molecule has 0 aromatic carbocycles. The van der Waals surface area contributed by atoms with Gasteiger partial charge in [-0.2, -0.15) is 5.10 Å². The summed E-state index contributed by atoms with van der Waals surface area (Å²) >= 11 is 0. The van der Waals surface area contributed by atoms with Crippen molar-refractivity contribution >= 4 is 22.4 Å². The molecule has 2 fully saturated rings. The van der Waals surface area contributed by atoms with Crippen molar-refractivity contribution in [1.82, 2.24) is 9.78 Å². The van der Waals surface area contributed by atoms with Gasteiger partial charge in [0.15, 0.2) is 0 Å². The molecule has 1 aromatic heterocycles. The summed E-state index contributed by atoms with van der Waals surface area (Å²) in [4.78, 5) is 0. The van der Waals surface area contributed by atoms with Gasteiger partial charge in [0.2, 0.25) is 0 Å². The lowest BCUT2D eigenvalue weighted by Gasteiger charge is -2.32. The van der Waals surface area contributed by atoms with Crippen molar-refractivity contribution in [2.75, 3.05) is 11.5 Å². The minimum Gasteiger partial charge on any atom is -0.399 e. The molecule has 0 saturated carbocycles. The molecule has 0 aliphatic carbocycles. The van der Waals surface area contributed by atoms with Crippen LogP contribution in [0.2, 0.25) is 0 Å². The van der Waals surface area contributed by atoms with E-state index in [1.165, 1.54) is 0 Å². The first kappa shape index (κ1) is 17.0. The summed E-state index contributed by atoms with van der Waals surface area (Å²) in [7, 11) is -3.21. The van der Waals surface area contributed by atoms with Gasteiger partial charge in [-0.1, -0.05) is 0 Å². The van der Waals surface area contributed by atoms with E-state index in [4.69, 9.17) is 9.31 Å². The Morgan fingerprint density at radius 1 is 1.22 bits per heavy atom. The van der Waals surface area contributed by atoms with E-state index in [1.807, 2.05) is 38.6 Å². The molecule has 1 aromatic rings. The van der Waals surface area contributed by atoms with Crippen LogP contribution in [0.4, 0.5) is 0 Å². The molecule has 0 spiro atoms. The van der Waals surface area contributed by atoms with Gasteiger partial charge in [0, 0.05) is 24.4 Å². The van der Waals surface area contributed by atoms with Crippen molar-refractivity contribution in [3.63, 3.8) is 0 Å². The van der Waals surface area contributed by atoms with E-state index in [2.05, 4.69) is 5.10 Å². The number of sulfone groups is 1. The molecule has 2 aliphatic heterocycles. The van der Waals surface area contributed by atoms with Gasteiger partial charge in [-0.25, -0.2) is 8.42 Å². The highest BCUT2D eigenvalue weighted by Crippen LogP contribution is 2.36. The van der Waals surface area contributed by atoms with E-state index in [0.29, 0.717) is 30.3 Å². The van der Waals surface area contributed by atoms with Gasteiger partial charge in [-0.05, 0) is 46.5 Å². The van der Waals surface area contributed by atoms with Crippen LogP contribution in [0, 0.1) is 5.92 Å². The topological polar surface area (TPSA) is 70.4 Å². The van der Waals surface area contributed by atoms with Gasteiger partial charge in [0.25, 0.3) is 0 Å². The number of hydrogen-bond donors (Lipinski definition) is 0. The van der Waals surface area contributed by atoms with Crippen LogP contribution < -0.4 is 5.46 Å². The highest BCUT2D eigenvalue weighted by Gasteiger charge is 2.52. The Hall–Kier alpha value is -0.855. The maximum atomic E-state index is 11.5. The normalized spacial score (nSPS) is 26.5. The largest absolute Gasteiger partial charge is 0.498 e. The lowest BCUT2D eigenvalue weighted by molar-refractivity contribution is 0.00578. The summed E-state index contributed by atoms with van der Waals surface area (Å²) in [5, 5.41) is 4.39. The van der Waals surface area contributed by atoms with E-state index in [0.717, 1.165) is 12.0 Å². The number of hydrogen-bond acceptors (Lipinski definition) is 5. The van der Waals surface area contributed by atoms with Crippen LogP contribution in [0.1, 0.15) is 40.5 Å². The Bertz CT molecular complexity index is 653. The first-order valence-corrected chi connectivity index (χ1v) is 9.99. The smallest absolute Gasteiger partial charge is 0.399 e. The van der Waals surface area contributed by atoms with E-state index in [9.17, 15) is 8.42 Å². The van der Waals surface area contributed by atoms with Crippen LogP contribution in [0.15, 0.2) is 12.4 Å². The van der Waals surface area contributed by atoms with Crippen molar-refractivity contribution in [3.05, 3.63) is 12.4 Å². The minimum absolute atomic E-state index is 0.295. The SMILES string of the molecule is CC1(C)OB(c2cnn(CC3CCS(=O)(=O)CC3)c2)OC1(C)C.